The number of nitrogens with zero attached hydrogens (tertiary/aromatic N) is 4. The summed E-state index contributed by atoms with van der Waals surface area (Å²) in [6.45, 7) is 106. The molecule has 840 valence electrons. The molecule has 0 saturated carbocycles. The fraction of sp³-hybridized carbons (Fsp3) is 0.829. The molecule has 0 aromatic rings. The van der Waals surface area contributed by atoms with Gasteiger partial charge in [0.2, 0.25) is 23.6 Å². The second-order valence-electron chi connectivity index (χ2n) is 48.2. The van der Waals surface area contributed by atoms with Crippen molar-refractivity contribution in [3.05, 3.63) is 75.9 Å². The van der Waals surface area contributed by atoms with Gasteiger partial charge in [-0.25, -0.2) is 0 Å². The van der Waals surface area contributed by atoms with Gasteiger partial charge in [-0.2, -0.15) is 0 Å². The van der Waals surface area contributed by atoms with Crippen molar-refractivity contribution in [2.24, 2.45) is 0 Å². The molecule has 37 heteroatoms. The van der Waals surface area contributed by atoms with Crippen molar-refractivity contribution in [2.75, 3.05) is 86.4 Å². The average Bonchev–Trinajstić information content (AvgIpc) is 0.885. The maximum Gasteiger partial charge on any atom is 0.246 e. The van der Waals surface area contributed by atoms with Crippen LogP contribution in [0.3, 0.4) is 0 Å². The molecule has 4 amide bonds. The first-order chi connectivity index (χ1) is 65.1. The topological polar surface area (TPSA) is 279 Å². The van der Waals surface area contributed by atoms with Gasteiger partial charge in [-0.05, 0) is 356 Å². The summed E-state index contributed by atoms with van der Waals surface area (Å²) in [5.74, 6) is -0.215. The lowest BCUT2D eigenvalue weighted by Gasteiger charge is -2.35. The Balaban J connectivity index is -0.000000395. The zero-order valence-electron chi connectivity index (χ0n) is 99.4. The molecular weight excluding hydrogens is 2010 g/mol. The van der Waals surface area contributed by atoms with Gasteiger partial charge < -0.3 is 78.3 Å². The number of allylic oxidation sites excluding steroid dienone is 2. The van der Waals surface area contributed by atoms with E-state index in [1.165, 1.54) is 161 Å². The molecule has 23 nitrogen and oxygen atoms in total. The van der Waals surface area contributed by atoms with Crippen LogP contribution < -0.4 is 0 Å². The smallest absolute Gasteiger partial charge is 0.246 e. The Morgan fingerprint density at radius 2 is 0.507 bits per heavy atom. The maximum absolute atomic E-state index is 12.5. The standard InChI is InChI=1S/C25H57NO3Si4.C18H39NO4Si2.C18H38O4Si2.C17H37NO4Si2.C15H32O2Si2.C12H27NO2Si2/c1-12-15-21-30(4,5)28-32(8,9)23-17-19-26(25(27)14-3)20-18-24-33(10,11)29-31(6,7)22-16-13-2;1-8-10-13-24(4,5)23-25(6,7)14-11-12-22-16-17(20)15-19(3)18(21)9-2;1-7-9-14-23(3,4)22-24(5,6)15-10-13-21-16-18(20)12-11-17(19)8-2;1-7-9-12-23(3,4)22-24(5,6)13-10-11-18(17(21)8-2)14-16(20)15-19;1-7-9-13-18(3,4)17-19(5,6)14-11-10-12-15(16)8-2;1-8-12(14)13(2)10-9-11-17(6,7)15-16(3,4)5/h14H,3,12-13,15-24H2,1-2,4-11H3;9,17,20H,2,8,10-16H2,1,3-7H3;8,18,20H,2,7,9-16H2,1,3-6H3;8,16,19-20H,2,7,9-15H2,1,3-6H3;8H,2,7,9-14H2,1,3-6H3;8H,1,9-11H2,2-7H3. The Bertz CT molecular complexity index is 3360. The van der Waals surface area contributed by atoms with Crippen LogP contribution in [-0.2, 0) is 67.0 Å². The summed E-state index contributed by atoms with van der Waals surface area (Å²) < 4.78 is 57.1. The van der Waals surface area contributed by atoms with Crippen molar-refractivity contribution < 1.29 is 87.5 Å². The Hall–Kier alpha value is -1.82. The first kappa shape index (κ1) is 151. The van der Waals surface area contributed by atoms with Crippen molar-refractivity contribution in [1.82, 2.24) is 19.6 Å². The zero-order chi connectivity index (χ0) is 111. The predicted molar refractivity (Wildman–Crippen MR) is 647 cm³/mol. The summed E-state index contributed by atoms with van der Waals surface area (Å²) in [5, 5.41) is 38.2. The quantitative estimate of drug-likeness (QED) is 0.0250. The number of aliphatic hydroxyl groups is 4. The minimum atomic E-state index is -1.76. The number of ketones is 2. The van der Waals surface area contributed by atoms with Crippen LogP contribution in [0.1, 0.15) is 189 Å². The summed E-state index contributed by atoms with van der Waals surface area (Å²) in [7, 11) is -18.9. The van der Waals surface area contributed by atoms with E-state index in [0.29, 0.717) is 45.6 Å². The minimum absolute atomic E-state index is 0.00409. The molecule has 3 atom stereocenters. The highest BCUT2D eigenvalue weighted by molar-refractivity contribution is 6.88. The summed E-state index contributed by atoms with van der Waals surface area (Å²) >= 11 is 0. The third-order valence-corrected chi connectivity index (χ3v) is 75.6. The molecule has 0 bridgehead atoms. The predicted octanol–water partition coefficient (Wildman–Crippen LogP) is 27.6. The van der Waals surface area contributed by atoms with E-state index in [9.17, 15) is 44.1 Å². The SMILES string of the molecule is C=CC(=O)CCC(O)COCCC[Si](C)(C)O[Si](C)(C)CCCC.C=CC(=O)CCCC[Si](C)(C)O[Si](C)(C)CCCC.C=CC(=O)N(C)CC(O)COCCC[Si](C)(C)O[Si](C)(C)CCCC.C=CC(=O)N(C)CCC[Si](C)(C)O[Si](C)(C)C.C=CC(=O)N(CCC[Si](C)(C)O[Si](C)(C)CCCC)CC(O)CO.C=CC(=O)N(CCC[Si](C)(C)O[Si](C)(C)CCCC)CCC[Si](C)(C)O[Si](C)(C)CCCC. The Labute approximate surface area is 890 Å². The molecule has 0 saturated heterocycles. The molecule has 4 N–H and O–H groups in total. The molecule has 142 heavy (non-hydrogen) atoms. The second kappa shape index (κ2) is 79.2. The van der Waals surface area contributed by atoms with Crippen LogP contribution in [-0.4, -0.2) is 296 Å². The van der Waals surface area contributed by atoms with Gasteiger partial charge in [-0.3, -0.25) is 28.8 Å². The third kappa shape index (κ3) is 93.0. The lowest BCUT2D eigenvalue weighted by molar-refractivity contribution is -0.128. The van der Waals surface area contributed by atoms with E-state index in [-0.39, 0.29) is 61.5 Å². The van der Waals surface area contributed by atoms with E-state index in [1.54, 1.807) is 16.8 Å². The van der Waals surface area contributed by atoms with E-state index >= 15 is 0 Å². The molecule has 0 radical (unpaired) electrons. The molecule has 0 rings (SSSR count). The summed E-state index contributed by atoms with van der Waals surface area (Å²) in [4.78, 5) is 76.0. The van der Waals surface area contributed by atoms with Crippen LogP contribution in [0.2, 0.25) is 268 Å². The van der Waals surface area contributed by atoms with Gasteiger partial charge in [0.1, 0.15) is 0 Å². The van der Waals surface area contributed by atoms with Crippen molar-refractivity contribution >= 4 is 152 Å². The fourth-order valence-corrected chi connectivity index (χ4v) is 79.8. The molecule has 0 aliphatic rings. The van der Waals surface area contributed by atoms with E-state index in [4.69, 9.17) is 43.4 Å². The Morgan fingerprint density at radius 1 is 0.268 bits per heavy atom. The highest BCUT2D eigenvalue weighted by Crippen LogP contribution is 2.32. The van der Waals surface area contributed by atoms with Crippen molar-refractivity contribution in [3.8, 4) is 0 Å². The summed E-state index contributed by atoms with van der Waals surface area (Å²) in [6.07, 6.45) is 30.2. The highest BCUT2D eigenvalue weighted by Gasteiger charge is 2.39. The Morgan fingerprint density at radius 3 is 0.782 bits per heavy atom. The number of aliphatic hydroxyl groups excluding tert-OH is 4. The number of unbranched alkanes of at least 4 members (excludes halogenated alkanes) is 7. The molecule has 0 aromatic heterocycles. The van der Waals surface area contributed by atoms with Gasteiger partial charge in [-0.15, -0.1) is 0 Å². The number of likely N-dealkylation sites (N-methyl/N-ethyl adjacent to an activating group) is 2. The first-order valence-electron chi connectivity index (χ1n) is 54.7. The van der Waals surface area contributed by atoms with Crippen LogP contribution in [0.4, 0.5) is 0 Å². The molecule has 0 fully saturated rings. The number of ether oxygens (including phenoxy) is 2. The number of hydrogen-bond acceptors (Lipinski definition) is 19. The van der Waals surface area contributed by atoms with Gasteiger partial charge >= 0.3 is 0 Å². The first-order valence-corrected chi connectivity index (χ1v) is 98.6. The summed E-state index contributed by atoms with van der Waals surface area (Å²) in [5.41, 5.74) is 0. The lowest BCUT2D eigenvalue weighted by atomic mass is 10.1. The number of carbonyl (C=O) groups is 6. The fourth-order valence-electron chi connectivity index (χ4n) is 17.6. The number of hydrogen-bond donors (Lipinski definition) is 4. The molecule has 0 heterocycles. The van der Waals surface area contributed by atoms with E-state index < -0.39 is 135 Å². The second-order valence-corrected chi connectivity index (χ2v) is 110. The van der Waals surface area contributed by atoms with Crippen molar-refractivity contribution in [2.45, 2.75) is 476 Å². The van der Waals surface area contributed by atoms with Gasteiger partial charge in [-0.1, -0.05) is 164 Å². The highest BCUT2D eigenvalue weighted by atomic mass is 28.5. The van der Waals surface area contributed by atoms with Crippen LogP contribution >= 0.6 is 0 Å². The third-order valence-electron chi connectivity index (χ3n) is 24.2. The molecular formula is C105H230N4O19Si14. The lowest BCUT2D eigenvalue weighted by Crippen LogP contribution is -2.45. The normalized spacial score (nSPS) is 13.2. The van der Waals surface area contributed by atoms with Crippen LogP contribution in [0.25, 0.3) is 0 Å². The summed E-state index contributed by atoms with van der Waals surface area (Å²) in [6, 6.07) is 15.1. The van der Waals surface area contributed by atoms with Crippen molar-refractivity contribution in [3.63, 3.8) is 0 Å². The molecule has 0 spiro atoms. The largest absolute Gasteiger partial charge is 0.456 e. The Kier molecular flexibility index (Phi) is 84.1. The number of amides is 4. The van der Waals surface area contributed by atoms with Crippen molar-refractivity contribution in [1.29, 1.82) is 0 Å². The van der Waals surface area contributed by atoms with Gasteiger partial charge in [0.25, 0.3) is 0 Å². The van der Waals surface area contributed by atoms with Gasteiger partial charge in [0.05, 0.1) is 38.1 Å². The zero-order valence-corrected chi connectivity index (χ0v) is 113. The van der Waals surface area contributed by atoms with Gasteiger partial charge in [0.15, 0.2) is 128 Å². The molecule has 3 unspecified atom stereocenters. The van der Waals surface area contributed by atoms with Gasteiger partial charge in [0, 0.05) is 79.4 Å². The van der Waals surface area contributed by atoms with Crippen LogP contribution in [0.5, 0.6) is 0 Å². The average molecular weight is 2250 g/mol. The number of rotatable bonds is 79. The maximum atomic E-state index is 12.5. The molecule has 0 aliphatic heterocycles. The number of carbonyl (C=O) groups excluding carboxylic acids is 6. The minimum Gasteiger partial charge on any atom is -0.456 e. The molecule has 0 aromatic carbocycles. The van der Waals surface area contributed by atoms with Crippen LogP contribution in [0, 0.1) is 0 Å². The van der Waals surface area contributed by atoms with E-state index in [2.05, 4.69) is 271 Å². The van der Waals surface area contributed by atoms with E-state index in [1.807, 2.05) is 11.9 Å². The van der Waals surface area contributed by atoms with E-state index in [0.717, 1.165) is 107 Å². The monoisotopic (exact) mass is 2240 g/mol. The molecule has 0 aliphatic carbocycles. The van der Waals surface area contributed by atoms with Crippen LogP contribution in [0.15, 0.2) is 75.9 Å².